The molecule has 0 saturated heterocycles. The lowest BCUT2D eigenvalue weighted by atomic mass is 10.1. The molecule has 86 valence electrons. The number of nitrogens with one attached hydrogen (secondary N) is 1. The van der Waals surface area contributed by atoms with E-state index >= 15 is 0 Å². The van der Waals surface area contributed by atoms with Gasteiger partial charge in [0.05, 0.1) is 23.2 Å². The summed E-state index contributed by atoms with van der Waals surface area (Å²) in [7, 11) is 0. The van der Waals surface area contributed by atoms with Crippen LogP contribution in [-0.2, 0) is 0 Å². The number of pyridine rings is 1. The molecule has 0 aromatic carbocycles. The third-order valence-electron chi connectivity index (χ3n) is 2.82. The van der Waals surface area contributed by atoms with E-state index in [1.807, 2.05) is 13.0 Å². The number of ether oxygens (including phenoxy) is 1. The van der Waals surface area contributed by atoms with Crippen LogP contribution in [0.15, 0.2) is 12.3 Å². The zero-order valence-electron chi connectivity index (χ0n) is 9.95. The summed E-state index contributed by atoms with van der Waals surface area (Å²) in [5, 5.41) is 8.11. The molecule has 0 aliphatic heterocycles. The van der Waals surface area contributed by atoms with E-state index in [4.69, 9.17) is 4.74 Å². The van der Waals surface area contributed by atoms with Crippen molar-refractivity contribution in [3.63, 3.8) is 0 Å². The Balaban J connectivity index is 2.26. The van der Waals surface area contributed by atoms with Crippen molar-refractivity contribution in [3.8, 4) is 5.88 Å². The third-order valence-corrected chi connectivity index (χ3v) is 2.82. The molecule has 4 heteroatoms. The van der Waals surface area contributed by atoms with Crippen LogP contribution in [0.2, 0.25) is 0 Å². The zero-order valence-corrected chi connectivity index (χ0v) is 9.95. The molecule has 4 nitrogen and oxygen atoms in total. The highest BCUT2D eigenvalue weighted by Crippen LogP contribution is 2.24. The van der Waals surface area contributed by atoms with Crippen LogP contribution >= 0.6 is 0 Å². The third kappa shape index (κ3) is 2.01. The van der Waals surface area contributed by atoms with Crippen molar-refractivity contribution in [3.05, 3.63) is 18.0 Å². The zero-order chi connectivity index (χ0) is 11.5. The summed E-state index contributed by atoms with van der Waals surface area (Å²) in [6, 6.07) is 1.91. The number of hydrogen-bond donors (Lipinski definition) is 1. The number of nitrogens with zero attached hydrogens (tertiary/aromatic N) is 2. The molecule has 0 bridgehead atoms. The summed E-state index contributed by atoms with van der Waals surface area (Å²) < 4.78 is 5.74. The highest BCUT2D eigenvalue weighted by Gasteiger charge is 2.10. The number of H-pyrrole nitrogens is 1. The van der Waals surface area contributed by atoms with E-state index in [1.54, 1.807) is 6.20 Å². The van der Waals surface area contributed by atoms with Crippen LogP contribution in [0, 0.1) is 12.8 Å². The smallest absolute Gasteiger partial charge is 0.224 e. The molecule has 2 aromatic heterocycles. The van der Waals surface area contributed by atoms with E-state index in [0.29, 0.717) is 18.4 Å². The van der Waals surface area contributed by atoms with Gasteiger partial charge in [0.25, 0.3) is 0 Å². The largest absolute Gasteiger partial charge is 0.477 e. The average Bonchev–Trinajstić information content (AvgIpc) is 2.69. The minimum absolute atomic E-state index is 0.546. The van der Waals surface area contributed by atoms with Crippen LogP contribution in [0.5, 0.6) is 5.88 Å². The first-order chi connectivity index (χ1) is 7.72. The first-order valence-corrected chi connectivity index (χ1v) is 5.64. The predicted octanol–water partition coefficient (Wildman–Crippen LogP) is 2.69. The summed E-state index contributed by atoms with van der Waals surface area (Å²) in [6.07, 6.45) is 2.85. The van der Waals surface area contributed by atoms with E-state index in [1.165, 1.54) is 0 Å². The van der Waals surface area contributed by atoms with Gasteiger partial charge in [0.1, 0.15) is 0 Å². The maximum Gasteiger partial charge on any atom is 0.224 e. The normalized spacial score (nSPS) is 12.9. The van der Waals surface area contributed by atoms with Gasteiger partial charge in [-0.2, -0.15) is 5.10 Å². The molecule has 0 aliphatic rings. The van der Waals surface area contributed by atoms with Gasteiger partial charge in [0, 0.05) is 6.20 Å². The van der Waals surface area contributed by atoms with Gasteiger partial charge >= 0.3 is 0 Å². The fraction of sp³-hybridized carbons (Fsp3) is 0.500. The van der Waals surface area contributed by atoms with Crippen LogP contribution in [0.3, 0.4) is 0 Å². The number of aromatic nitrogens is 3. The van der Waals surface area contributed by atoms with Crippen LogP contribution in [0.25, 0.3) is 10.9 Å². The Hall–Kier alpha value is -1.58. The molecular formula is C12H17N3O. The molecule has 0 aliphatic carbocycles. The fourth-order valence-electron chi connectivity index (χ4n) is 1.53. The van der Waals surface area contributed by atoms with E-state index < -0.39 is 0 Å². The van der Waals surface area contributed by atoms with Crippen molar-refractivity contribution < 1.29 is 4.74 Å². The Kier molecular flexibility index (Phi) is 3.08. The van der Waals surface area contributed by atoms with E-state index in [9.17, 15) is 0 Å². The Morgan fingerprint density at radius 1 is 1.50 bits per heavy atom. The van der Waals surface area contributed by atoms with Crippen LogP contribution in [0.1, 0.15) is 26.0 Å². The predicted molar refractivity (Wildman–Crippen MR) is 63.6 cm³/mol. The maximum atomic E-state index is 5.74. The fourth-order valence-corrected chi connectivity index (χ4v) is 1.53. The first-order valence-electron chi connectivity index (χ1n) is 5.64. The van der Waals surface area contributed by atoms with Gasteiger partial charge in [-0.25, -0.2) is 4.98 Å². The van der Waals surface area contributed by atoms with Crippen LogP contribution in [-0.4, -0.2) is 21.8 Å². The molecule has 0 radical (unpaired) electrons. The van der Waals surface area contributed by atoms with Crippen molar-refractivity contribution in [2.45, 2.75) is 27.2 Å². The van der Waals surface area contributed by atoms with Crippen molar-refractivity contribution in [2.75, 3.05) is 6.61 Å². The topological polar surface area (TPSA) is 50.8 Å². The number of aryl methyl sites for hydroxylation is 1. The van der Waals surface area contributed by atoms with Crippen molar-refractivity contribution in [1.29, 1.82) is 0 Å². The Morgan fingerprint density at radius 2 is 2.31 bits per heavy atom. The summed E-state index contributed by atoms with van der Waals surface area (Å²) in [4.78, 5) is 4.26. The lowest BCUT2D eigenvalue weighted by Gasteiger charge is -2.10. The quantitative estimate of drug-likeness (QED) is 0.860. The van der Waals surface area contributed by atoms with Crippen LogP contribution in [0.4, 0.5) is 0 Å². The molecular weight excluding hydrogens is 202 g/mol. The van der Waals surface area contributed by atoms with E-state index in [2.05, 4.69) is 29.0 Å². The van der Waals surface area contributed by atoms with Gasteiger partial charge in [-0.15, -0.1) is 0 Å². The Morgan fingerprint density at radius 3 is 3.06 bits per heavy atom. The molecule has 16 heavy (non-hydrogen) atoms. The van der Waals surface area contributed by atoms with Gasteiger partial charge in [-0.05, 0) is 18.9 Å². The van der Waals surface area contributed by atoms with Crippen molar-refractivity contribution in [2.24, 2.45) is 5.92 Å². The molecule has 0 spiro atoms. The molecule has 1 N–H and O–H groups in total. The first kappa shape index (κ1) is 10.9. The standard InChI is InChI=1S/C12H17N3O/c1-4-8(2)7-16-12-11-9(3)14-15-10(11)5-6-13-12/h5-6,8H,4,7H2,1-3H3,(H,14,15)/t8-/m0/s1. The summed E-state index contributed by atoms with van der Waals surface area (Å²) >= 11 is 0. The number of fused-ring (bicyclic) bond motifs is 1. The molecule has 0 saturated carbocycles. The van der Waals surface area contributed by atoms with Gasteiger partial charge in [-0.3, -0.25) is 5.10 Å². The second-order valence-electron chi connectivity index (χ2n) is 4.17. The Bertz CT molecular complexity index is 478. The highest BCUT2D eigenvalue weighted by molar-refractivity contribution is 5.85. The number of hydrogen-bond acceptors (Lipinski definition) is 3. The molecule has 2 rings (SSSR count). The summed E-state index contributed by atoms with van der Waals surface area (Å²) in [5.74, 6) is 1.23. The van der Waals surface area contributed by atoms with Crippen LogP contribution < -0.4 is 4.74 Å². The second kappa shape index (κ2) is 4.51. The van der Waals surface area contributed by atoms with Gasteiger partial charge in [0.15, 0.2) is 0 Å². The van der Waals surface area contributed by atoms with Gasteiger partial charge < -0.3 is 4.74 Å². The average molecular weight is 219 g/mol. The monoisotopic (exact) mass is 219 g/mol. The molecule has 2 heterocycles. The van der Waals surface area contributed by atoms with Crippen molar-refractivity contribution >= 4 is 10.9 Å². The molecule has 2 aromatic rings. The minimum Gasteiger partial charge on any atom is -0.477 e. The SMILES string of the molecule is CC[C@H](C)COc1nccc2[nH]nc(C)c12. The number of aromatic amines is 1. The Labute approximate surface area is 95.0 Å². The summed E-state index contributed by atoms with van der Waals surface area (Å²) in [6.45, 7) is 6.98. The summed E-state index contributed by atoms with van der Waals surface area (Å²) in [5.41, 5.74) is 1.91. The van der Waals surface area contributed by atoms with Gasteiger partial charge in [-0.1, -0.05) is 20.3 Å². The highest BCUT2D eigenvalue weighted by atomic mass is 16.5. The maximum absolute atomic E-state index is 5.74. The van der Waals surface area contributed by atoms with Gasteiger partial charge in [0.2, 0.25) is 5.88 Å². The lowest BCUT2D eigenvalue weighted by Crippen LogP contribution is -2.08. The molecule has 0 unspecified atom stereocenters. The van der Waals surface area contributed by atoms with E-state index in [0.717, 1.165) is 23.0 Å². The van der Waals surface area contributed by atoms with Crippen molar-refractivity contribution in [1.82, 2.24) is 15.2 Å². The van der Waals surface area contributed by atoms with E-state index in [-0.39, 0.29) is 0 Å². The second-order valence-corrected chi connectivity index (χ2v) is 4.17. The number of rotatable bonds is 4. The molecule has 0 fully saturated rings. The lowest BCUT2D eigenvalue weighted by molar-refractivity contribution is 0.251. The minimum atomic E-state index is 0.546. The molecule has 1 atom stereocenters. The molecule has 0 amide bonds.